The van der Waals surface area contributed by atoms with Gasteiger partial charge in [0.25, 0.3) is 0 Å². The van der Waals surface area contributed by atoms with E-state index in [2.05, 4.69) is 34.2 Å². The van der Waals surface area contributed by atoms with Gasteiger partial charge in [0.15, 0.2) is 0 Å². The van der Waals surface area contributed by atoms with E-state index in [1.165, 1.54) is 5.56 Å². The number of piperidine rings is 1. The summed E-state index contributed by atoms with van der Waals surface area (Å²) in [6.07, 6.45) is 8.06. The Morgan fingerprint density at radius 2 is 1.96 bits per heavy atom. The molecular formula is C20H24ClN5O. The Kier molecular flexibility index (Phi) is 4.42. The number of fused-ring (bicyclic) bond motifs is 1. The van der Waals surface area contributed by atoms with Gasteiger partial charge in [-0.1, -0.05) is 11.6 Å². The van der Waals surface area contributed by atoms with E-state index in [0.29, 0.717) is 12.0 Å². The highest BCUT2D eigenvalue weighted by molar-refractivity contribution is 6.32. The van der Waals surface area contributed by atoms with Crippen LogP contribution in [0.3, 0.4) is 0 Å². The molecule has 0 saturated carbocycles. The van der Waals surface area contributed by atoms with Crippen LogP contribution in [0, 0.1) is 0 Å². The van der Waals surface area contributed by atoms with Crippen molar-refractivity contribution in [2.24, 2.45) is 0 Å². The van der Waals surface area contributed by atoms with Gasteiger partial charge in [0.05, 0.1) is 43.4 Å². The first-order valence-electron chi connectivity index (χ1n) is 9.74. The van der Waals surface area contributed by atoms with Gasteiger partial charge in [0, 0.05) is 17.0 Å². The minimum Gasteiger partial charge on any atom is -0.378 e. The van der Waals surface area contributed by atoms with E-state index < -0.39 is 0 Å². The van der Waals surface area contributed by atoms with Gasteiger partial charge in [0.2, 0.25) is 0 Å². The molecule has 0 atom stereocenters. The number of aryl methyl sites for hydroxylation is 1. The molecule has 2 aromatic heterocycles. The van der Waals surface area contributed by atoms with Gasteiger partial charge in [-0.2, -0.15) is 10.2 Å². The lowest BCUT2D eigenvalue weighted by atomic mass is 9.88. The zero-order valence-electron chi connectivity index (χ0n) is 15.5. The minimum atomic E-state index is 0.501. The van der Waals surface area contributed by atoms with Crippen LogP contribution < -0.4 is 0 Å². The van der Waals surface area contributed by atoms with Crippen molar-refractivity contribution in [3.8, 4) is 5.69 Å². The number of benzene rings is 1. The summed E-state index contributed by atoms with van der Waals surface area (Å²) in [5, 5.41) is 10.9. The normalized spacial score (nSPS) is 19.6. The molecule has 0 N–H and O–H groups in total. The summed E-state index contributed by atoms with van der Waals surface area (Å²) in [6.45, 7) is 6.95. The minimum absolute atomic E-state index is 0.501. The summed E-state index contributed by atoms with van der Waals surface area (Å²) >= 11 is 6.67. The third kappa shape index (κ3) is 3.06. The number of hydrogen-bond donors (Lipinski definition) is 0. The molecule has 27 heavy (non-hydrogen) atoms. The maximum Gasteiger partial charge on any atom is 0.103 e. The number of hydrogen-bond acceptors (Lipinski definition) is 4. The molecule has 0 aliphatic carbocycles. The lowest BCUT2D eigenvalue weighted by Gasteiger charge is -2.41. The molecule has 142 valence electrons. The predicted octanol–water partition coefficient (Wildman–Crippen LogP) is 3.47. The summed E-state index contributed by atoms with van der Waals surface area (Å²) in [5.74, 6) is 0.501. The van der Waals surface area contributed by atoms with E-state index in [0.717, 1.165) is 67.3 Å². The molecule has 1 aromatic carbocycles. The number of nitrogens with zero attached hydrogens (tertiary/aromatic N) is 5. The molecule has 2 aliphatic heterocycles. The maximum absolute atomic E-state index is 6.67. The highest BCUT2D eigenvalue weighted by Gasteiger charge is 2.30. The van der Waals surface area contributed by atoms with Gasteiger partial charge in [-0.25, -0.2) is 4.68 Å². The van der Waals surface area contributed by atoms with Crippen molar-refractivity contribution in [3.63, 3.8) is 0 Å². The van der Waals surface area contributed by atoms with Crippen molar-refractivity contribution in [1.29, 1.82) is 0 Å². The lowest BCUT2D eigenvalue weighted by Crippen LogP contribution is -2.51. The number of likely N-dealkylation sites (tertiary alicyclic amines) is 1. The summed E-state index contributed by atoms with van der Waals surface area (Å²) in [4.78, 5) is 2.57. The predicted molar refractivity (Wildman–Crippen MR) is 106 cm³/mol. The molecule has 0 unspecified atom stereocenters. The van der Waals surface area contributed by atoms with Crippen LogP contribution in [-0.4, -0.2) is 56.8 Å². The van der Waals surface area contributed by atoms with Crippen LogP contribution >= 0.6 is 11.6 Å². The zero-order chi connectivity index (χ0) is 18.4. The standard InChI is InChI=1S/C20H24ClN5O/c1-2-25-11-16(10-22-25)26-20-8-18(19(21)7-15(20)9-23-26)14-3-5-24(6-4-14)17-12-27-13-17/h7-11,14,17H,2-6,12-13H2,1H3. The molecule has 0 spiro atoms. The fourth-order valence-electron chi connectivity index (χ4n) is 4.23. The summed E-state index contributed by atoms with van der Waals surface area (Å²) in [7, 11) is 0. The second-order valence-electron chi connectivity index (χ2n) is 7.54. The number of aromatic nitrogens is 4. The molecule has 3 aromatic rings. The summed E-state index contributed by atoms with van der Waals surface area (Å²) < 4.78 is 9.23. The summed E-state index contributed by atoms with van der Waals surface area (Å²) in [5.41, 5.74) is 3.33. The van der Waals surface area contributed by atoms with Gasteiger partial charge < -0.3 is 4.74 Å². The van der Waals surface area contributed by atoms with Crippen LogP contribution in [-0.2, 0) is 11.3 Å². The Labute approximate surface area is 163 Å². The van der Waals surface area contributed by atoms with Crippen molar-refractivity contribution in [2.75, 3.05) is 26.3 Å². The summed E-state index contributed by atoms with van der Waals surface area (Å²) in [6, 6.07) is 4.92. The Balaban J connectivity index is 1.44. The van der Waals surface area contributed by atoms with Gasteiger partial charge in [-0.05, 0) is 56.5 Å². The fraction of sp³-hybridized carbons (Fsp3) is 0.500. The third-order valence-corrected chi connectivity index (χ3v) is 6.31. The van der Waals surface area contributed by atoms with Crippen LogP contribution in [0.25, 0.3) is 16.6 Å². The Bertz CT molecular complexity index is 953. The first-order chi connectivity index (χ1) is 13.2. The van der Waals surface area contributed by atoms with Crippen LogP contribution in [0.2, 0.25) is 5.02 Å². The van der Waals surface area contributed by atoms with E-state index in [9.17, 15) is 0 Å². The van der Waals surface area contributed by atoms with Crippen molar-refractivity contribution in [3.05, 3.63) is 41.3 Å². The first-order valence-corrected chi connectivity index (χ1v) is 10.1. The Morgan fingerprint density at radius 1 is 1.15 bits per heavy atom. The molecule has 5 rings (SSSR count). The second kappa shape index (κ2) is 6.93. The monoisotopic (exact) mass is 385 g/mol. The van der Waals surface area contributed by atoms with Crippen molar-refractivity contribution in [1.82, 2.24) is 24.5 Å². The topological polar surface area (TPSA) is 48.1 Å². The van der Waals surface area contributed by atoms with Gasteiger partial charge in [-0.15, -0.1) is 0 Å². The Morgan fingerprint density at radius 3 is 2.63 bits per heavy atom. The van der Waals surface area contributed by atoms with Crippen molar-refractivity contribution >= 4 is 22.5 Å². The molecular weight excluding hydrogens is 362 g/mol. The van der Waals surface area contributed by atoms with Crippen LogP contribution in [0.5, 0.6) is 0 Å². The molecule has 0 bridgehead atoms. The average Bonchev–Trinajstić information content (AvgIpc) is 3.26. The molecule has 0 radical (unpaired) electrons. The van der Waals surface area contributed by atoms with Gasteiger partial charge in [-0.3, -0.25) is 9.58 Å². The van der Waals surface area contributed by atoms with E-state index >= 15 is 0 Å². The third-order valence-electron chi connectivity index (χ3n) is 5.98. The maximum atomic E-state index is 6.67. The molecule has 0 amide bonds. The average molecular weight is 386 g/mol. The zero-order valence-corrected chi connectivity index (χ0v) is 16.3. The molecule has 6 nitrogen and oxygen atoms in total. The van der Waals surface area contributed by atoms with Gasteiger partial charge >= 0.3 is 0 Å². The Hall–Kier alpha value is -1.89. The molecule has 7 heteroatoms. The number of halogens is 1. The molecule has 4 heterocycles. The quantitative estimate of drug-likeness (QED) is 0.690. The first kappa shape index (κ1) is 17.2. The molecule has 2 aliphatic rings. The van der Waals surface area contributed by atoms with E-state index in [4.69, 9.17) is 16.3 Å². The van der Waals surface area contributed by atoms with Crippen molar-refractivity contribution < 1.29 is 4.74 Å². The second-order valence-corrected chi connectivity index (χ2v) is 7.95. The van der Waals surface area contributed by atoms with E-state index in [1.54, 1.807) is 0 Å². The van der Waals surface area contributed by atoms with E-state index in [1.807, 2.05) is 28.0 Å². The van der Waals surface area contributed by atoms with Crippen LogP contribution in [0.1, 0.15) is 31.2 Å². The van der Waals surface area contributed by atoms with Gasteiger partial charge in [0.1, 0.15) is 5.69 Å². The van der Waals surface area contributed by atoms with Crippen LogP contribution in [0.15, 0.2) is 30.7 Å². The number of ether oxygens (including phenoxy) is 1. The highest BCUT2D eigenvalue weighted by atomic mass is 35.5. The number of rotatable bonds is 4. The molecule has 2 saturated heterocycles. The fourth-order valence-corrected chi connectivity index (χ4v) is 4.55. The largest absolute Gasteiger partial charge is 0.378 e. The van der Waals surface area contributed by atoms with Crippen molar-refractivity contribution in [2.45, 2.75) is 38.3 Å². The lowest BCUT2D eigenvalue weighted by molar-refractivity contribution is -0.0712. The van der Waals surface area contributed by atoms with E-state index in [-0.39, 0.29) is 0 Å². The smallest absolute Gasteiger partial charge is 0.103 e. The molecule has 2 fully saturated rings. The SMILES string of the molecule is CCn1cc(-n2ncc3cc(Cl)c(C4CCN(C5COC5)CC4)cc32)cn1. The van der Waals surface area contributed by atoms with Crippen LogP contribution in [0.4, 0.5) is 0 Å². The highest BCUT2D eigenvalue weighted by Crippen LogP contribution is 2.36.